The van der Waals surface area contributed by atoms with Crippen molar-refractivity contribution < 1.29 is 19.1 Å². The van der Waals surface area contributed by atoms with E-state index >= 15 is 0 Å². The first-order chi connectivity index (χ1) is 15.3. The molecule has 2 rings (SSSR count). The Morgan fingerprint density at radius 1 is 1.19 bits per heavy atom. The molecule has 0 saturated carbocycles. The maximum atomic E-state index is 13.1. The summed E-state index contributed by atoms with van der Waals surface area (Å²) in [5, 5.41) is 5.16. The van der Waals surface area contributed by atoms with Crippen LogP contribution in [0.5, 0.6) is 0 Å². The van der Waals surface area contributed by atoms with Gasteiger partial charge in [0.05, 0.1) is 11.5 Å². The average Bonchev–Trinajstić information content (AvgIpc) is 3.21. The van der Waals surface area contributed by atoms with Crippen LogP contribution >= 0.6 is 24.0 Å². The molecule has 10 heteroatoms. The Hall–Kier alpha value is -2.59. The van der Waals surface area contributed by atoms with Crippen LogP contribution in [0.2, 0.25) is 0 Å². The molecule has 0 radical (unpaired) electrons. The molecule has 8 nitrogen and oxygen atoms in total. The predicted octanol–water partition coefficient (Wildman–Crippen LogP) is 5.25. The van der Waals surface area contributed by atoms with E-state index in [9.17, 15) is 14.4 Å². The van der Waals surface area contributed by atoms with Gasteiger partial charge in [0.2, 0.25) is 5.91 Å². The van der Waals surface area contributed by atoms with E-state index in [0.29, 0.717) is 27.9 Å². The van der Waals surface area contributed by atoms with Gasteiger partial charge < -0.3 is 10.1 Å². The number of hydrogen-bond acceptors (Lipinski definition) is 7. The molecule has 174 valence electrons. The minimum absolute atomic E-state index is 0.181. The summed E-state index contributed by atoms with van der Waals surface area (Å²) >= 11 is 5.47. The lowest BCUT2D eigenvalue weighted by atomic mass is 10.2. The third-order valence-electron chi connectivity index (χ3n) is 4.48. The number of benzene rings is 1. The molecule has 0 bridgehead atoms. The maximum absolute atomic E-state index is 13.1. The van der Waals surface area contributed by atoms with Crippen LogP contribution in [0.15, 0.2) is 30.5 Å². The number of unbranched alkanes of at least 4 members (excludes halogenated alkanes) is 3. The standard InChI is InChI=1S/C22H30N4O4S2/c1-4-6-7-8-12-26(17-11-9-10-16(13-17)24-15(3)27)22(29)25-21-23-14-18(32-21)19(31)20(28)30-5-2/h9-11,13-14,19,31H,4-8,12H2,1-3H3,(H,24,27)(H,23,25,29). The summed E-state index contributed by atoms with van der Waals surface area (Å²) in [5.74, 6) is -0.635. The zero-order valence-corrected chi connectivity index (χ0v) is 20.3. The van der Waals surface area contributed by atoms with Crippen molar-refractivity contribution in [3.8, 4) is 0 Å². The van der Waals surface area contributed by atoms with Gasteiger partial charge in [-0.3, -0.25) is 19.8 Å². The molecule has 0 aliphatic carbocycles. The number of anilines is 3. The molecular formula is C22H30N4O4S2. The lowest BCUT2D eigenvalue weighted by molar-refractivity contribution is -0.142. The largest absolute Gasteiger partial charge is 0.465 e. The fourth-order valence-corrected chi connectivity index (χ4v) is 4.05. The average molecular weight is 479 g/mol. The van der Waals surface area contributed by atoms with Crippen LogP contribution < -0.4 is 15.5 Å². The van der Waals surface area contributed by atoms with Gasteiger partial charge in [0, 0.05) is 31.0 Å². The lowest BCUT2D eigenvalue weighted by Gasteiger charge is -2.23. The molecular weight excluding hydrogens is 448 g/mol. The van der Waals surface area contributed by atoms with Crippen LogP contribution in [-0.2, 0) is 14.3 Å². The number of amides is 3. The second-order valence-corrected chi connectivity index (χ2v) is 8.67. The molecule has 32 heavy (non-hydrogen) atoms. The quantitative estimate of drug-likeness (QED) is 0.232. The molecule has 2 N–H and O–H groups in total. The van der Waals surface area contributed by atoms with Crippen molar-refractivity contribution in [3.63, 3.8) is 0 Å². The van der Waals surface area contributed by atoms with Crippen LogP contribution in [0.4, 0.5) is 21.3 Å². The number of carbonyl (C=O) groups excluding carboxylic acids is 3. The first kappa shape index (κ1) is 25.7. The van der Waals surface area contributed by atoms with E-state index in [-0.39, 0.29) is 18.5 Å². The van der Waals surface area contributed by atoms with Gasteiger partial charge in [-0.25, -0.2) is 9.78 Å². The third-order valence-corrected chi connectivity index (χ3v) is 6.12. The van der Waals surface area contributed by atoms with E-state index in [2.05, 4.69) is 35.2 Å². The van der Waals surface area contributed by atoms with Crippen LogP contribution in [0.1, 0.15) is 56.6 Å². The van der Waals surface area contributed by atoms with Gasteiger partial charge in [0.25, 0.3) is 0 Å². The predicted molar refractivity (Wildman–Crippen MR) is 132 cm³/mol. The Bertz CT molecular complexity index is 919. The molecule has 0 fully saturated rings. The Kier molecular flexibility index (Phi) is 10.5. The Labute approximate surface area is 198 Å². The number of carbonyl (C=O) groups is 3. The molecule has 1 aromatic carbocycles. The monoisotopic (exact) mass is 478 g/mol. The molecule has 1 unspecified atom stereocenters. The van der Waals surface area contributed by atoms with Crippen molar-refractivity contribution in [2.24, 2.45) is 0 Å². The van der Waals surface area contributed by atoms with Gasteiger partial charge in [-0.15, -0.1) is 0 Å². The second kappa shape index (κ2) is 13.1. The van der Waals surface area contributed by atoms with Gasteiger partial charge in [0.15, 0.2) is 5.13 Å². The highest BCUT2D eigenvalue weighted by Crippen LogP contribution is 2.30. The highest BCUT2D eigenvalue weighted by molar-refractivity contribution is 7.81. The lowest BCUT2D eigenvalue weighted by Crippen LogP contribution is -2.35. The summed E-state index contributed by atoms with van der Waals surface area (Å²) in [6.45, 7) is 6.08. The number of ether oxygens (including phenoxy) is 1. The number of urea groups is 1. The smallest absolute Gasteiger partial charge is 0.328 e. The van der Waals surface area contributed by atoms with Crippen molar-refractivity contribution in [2.75, 3.05) is 28.7 Å². The molecule has 3 amide bonds. The summed E-state index contributed by atoms with van der Waals surface area (Å²) < 4.78 is 4.99. The van der Waals surface area contributed by atoms with Gasteiger partial charge in [-0.2, -0.15) is 12.6 Å². The number of thiazole rings is 1. The van der Waals surface area contributed by atoms with Crippen molar-refractivity contribution in [1.82, 2.24) is 4.98 Å². The van der Waals surface area contributed by atoms with Gasteiger partial charge in [-0.1, -0.05) is 43.6 Å². The minimum atomic E-state index is -0.752. The van der Waals surface area contributed by atoms with Crippen molar-refractivity contribution in [2.45, 2.75) is 51.7 Å². The summed E-state index contributed by atoms with van der Waals surface area (Å²) in [5.41, 5.74) is 1.28. The second-order valence-electron chi connectivity index (χ2n) is 7.10. The normalized spacial score (nSPS) is 11.5. The zero-order valence-electron chi connectivity index (χ0n) is 18.6. The number of nitrogens with zero attached hydrogens (tertiary/aromatic N) is 2. The topological polar surface area (TPSA) is 101 Å². The van der Waals surface area contributed by atoms with Gasteiger partial charge in [-0.05, 0) is 31.5 Å². The van der Waals surface area contributed by atoms with E-state index in [4.69, 9.17) is 4.74 Å². The number of nitrogens with one attached hydrogen (secondary N) is 2. The summed E-state index contributed by atoms with van der Waals surface area (Å²) in [6, 6.07) is 6.81. The Balaban J connectivity index is 2.16. The first-order valence-electron chi connectivity index (χ1n) is 10.6. The van der Waals surface area contributed by atoms with Crippen molar-refractivity contribution in [1.29, 1.82) is 0 Å². The highest BCUT2D eigenvalue weighted by atomic mass is 32.1. The van der Waals surface area contributed by atoms with Crippen LogP contribution in [0.25, 0.3) is 0 Å². The third kappa shape index (κ3) is 7.83. The number of aromatic nitrogens is 1. The molecule has 0 aliphatic heterocycles. The first-order valence-corrected chi connectivity index (χ1v) is 12.0. The Morgan fingerprint density at radius 3 is 2.66 bits per heavy atom. The van der Waals surface area contributed by atoms with Gasteiger partial charge >= 0.3 is 12.0 Å². The molecule has 1 aromatic heterocycles. The zero-order chi connectivity index (χ0) is 23.5. The van der Waals surface area contributed by atoms with Gasteiger partial charge in [0.1, 0.15) is 5.25 Å². The number of rotatable bonds is 11. The van der Waals surface area contributed by atoms with Crippen LogP contribution in [0.3, 0.4) is 0 Å². The molecule has 0 aliphatic rings. The summed E-state index contributed by atoms with van der Waals surface area (Å²) in [7, 11) is 0. The highest BCUT2D eigenvalue weighted by Gasteiger charge is 2.22. The molecule has 0 saturated heterocycles. The SMILES string of the molecule is CCCCCCN(C(=O)Nc1ncc(C(S)C(=O)OCC)s1)c1cccc(NC(C)=O)c1. The minimum Gasteiger partial charge on any atom is -0.465 e. The van der Waals surface area contributed by atoms with E-state index in [1.807, 2.05) is 6.07 Å². The molecule has 1 atom stereocenters. The van der Waals surface area contributed by atoms with E-state index < -0.39 is 11.2 Å². The van der Waals surface area contributed by atoms with Crippen LogP contribution in [-0.4, -0.2) is 36.0 Å². The van der Waals surface area contributed by atoms with E-state index in [1.165, 1.54) is 24.5 Å². The number of thiol groups is 1. The van der Waals surface area contributed by atoms with Crippen LogP contribution in [0, 0.1) is 0 Å². The van der Waals surface area contributed by atoms with Crippen molar-refractivity contribution >= 4 is 58.4 Å². The maximum Gasteiger partial charge on any atom is 0.328 e. The van der Waals surface area contributed by atoms with Crippen molar-refractivity contribution in [3.05, 3.63) is 35.3 Å². The Morgan fingerprint density at radius 2 is 1.97 bits per heavy atom. The molecule has 0 spiro atoms. The summed E-state index contributed by atoms with van der Waals surface area (Å²) in [6.07, 6.45) is 5.55. The molecule has 2 aromatic rings. The number of esters is 1. The fraction of sp³-hybridized carbons (Fsp3) is 0.455. The fourth-order valence-electron chi connectivity index (χ4n) is 2.97. The number of hydrogen-bond donors (Lipinski definition) is 3. The molecule has 1 heterocycles. The van der Waals surface area contributed by atoms with E-state index in [0.717, 1.165) is 25.7 Å². The van der Waals surface area contributed by atoms with E-state index in [1.54, 1.807) is 30.0 Å². The summed E-state index contributed by atoms with van der Waals surface area (Å²) in [4.78, 5) is 42.8.